The van der Waals surface area contributed by atoms with Crippen LogP contribution in [0.5, 0.6) is 5.75 Å². The molecule has 3 heterocycles. The van der Waals surface area contributed by atoms with E-state index in [1.165, 1.54) is 18.4 Å². The van der Waals surface area contributed by atoms with Gasteiger partial charge in [0.05, 0.1) is 16.1 Å². The van der Waals surface area contributed by atoms with Crippen LogP contribution in [0.3, 0.4) is 0 Å². The van der Waals surface area contributed by atoms with E-state index in [-0.39, 0.29) is 12.2 Å². The zero-order valence-electron chi connectivity index (χ0n) is 20.1. The van der Waals surface area contributed by atoms with E-state index < -0.39 is 0 Å². The number of ether oxygens (including phenoxy) is 1. The SMILES string of the molecule is O=c1[nH]c(COc2ccccc2Cl)nc2c(CNCC3CCN(Cc4ccccc4)CC3)nccc12. The summed E-state index contributed by atoms with van der Waals surface area (Å²) >= 11 is 6.17. The molecule has 0 saturated carbocycles. The fourth-order valence-electron chi connectivity index (χ4n) is 4.66. The maximum atomic E-state index is 12.7. The summed E-state index contributed by atoms with van der Waals surface area (Å²) in [5.74, 6) is 1.61. The zero-order valence-corrected chi connectivity index (χ0v) is 20.9. The Kier molecular flexibility index (Phi) is 7.91. The van der Waals surface area contributed by atoms with E-state index in [0.29, 0.717) is 40.0 Å². The second kappa shape index (κ2) is 11.6. The largest absolute Gasteiger partial charge is 0.484 e. The third kappa shape index (κ3) is 6.10. The van der Waals surface area contributed by atoms with Gasteiger partial charge in [0.15, 0.2) is 0 Å². The minimum atomic E-state index is -0.202. The molecule has 5 rings (SSSR count). The van der Waals surface area contributed by atoms with Crippen LogP contribution in [-0.4, -0.2) is 39.5 Å². The lowest BCUT2D eigenvalue weighted by Crippen LogP contribution is -2.36. The number of hydrogen-bond acceptors (Lipinski definition) is 6. The molecule has 1 aliphatic rings. The molecule has 1 aliphatic heterocycles. The maximum absolute atomic E-state index is 12.7. The summed E-state index contributed by atoms with van der Waals surface area (Å²) < 4.78 is 5.77. The molecule has 1 saturated heterocycles. The number of nitrogens with one attached hydrogen (secondary N) is 2. The van der Waals surface area contributed by atoms with Crippen molar-refractivity contribution >= 4 is 22.5 Å². The number of rotatable bonds is 9. The zero-order chi connectivity index (χ0) is 24.7. The van der Waals surface area contributed by atoms with Crippen molar-refractivity contribution in [3.8, 4) is 5.75 Å². The lowest BCUT2D eigenvalue weighted by Gasteiger charge is -2.32. The van der Waals surface area contributed by atoms with Crippen LogP contribution in [0.2, 0.25) is 5.02 Å². The number of para-hydroxylation sites is 1. The first-order chi connectivity index (χ1) is 17.7. The standard InChI is InChI=1S/C28H30ClN5O2/c29-23-8-4-5-9-25(23)36-19-26-32-27-22(28(35)33-26)10-13-31-24(27)17-30-16-20-11-14-34(15-12-20)18-21-6-2-1-3-7-21/h1-10,13,20,30H,11-12,14-19H2,(H,32,33,35). The number of fused-ring (bicyclic) bond motifs is 1. The summed E-state index contributed by atoms with van der Waals surface area (Å²) in [4.78, 5) is 27.2. The first-order valence-corrected chi connectivity index (χ1v) is 12.7. The highest BCUT2D eigenvalue weighted by molar-refractivity contribution is 6.32. The Morgan fingerprint density at radius 3 is 2.64 bits per heavy atom. The number of pyridine rings is 1. The Morgan fingerprint density at radius 2 is 1.83 bits per heavy atom. The lowest BCUT2D eigenvalue weighted by atomic mass is 9.96. The molecule has 36 heavy (non-hydrogen) atoms. The van der Waals surface area contributed by atoms with E-state index in [4.69, 9.17) is 16.3 Å². The van der Waals surface area contributed by atoms with Gasteiger partial charge in [-0.15, -0.1) is 0 Å². The molecule has 8 heteroatoms. The van der Waals surface area contributed by atoms with Gasteiger partial charge in [-0.2, -0.15) is 0 Å². The van der Waals surface area contributed by atoms with E-state index in [0.717, 1.165) is 31.9 Å². The van der Waals surface area contributed by atoms with Gasteiger partial charge in [0, 0.05) is 19.3 Å². The quantitative estimate of drug-likeness (QED) is 0.348. The molecular weight excluding hydrogens is 474 g/mol. The van der Waals surface area contributed by atoms with Gasteiger partial charge < -0.3 is 15.0 Å². The molecule has 2 aromatic heterocycles. The highest BCUT2D eigenvalue weighted by Crippen LogP contribution is 2.24. The second-order valence-electron chi connectivity index (χ2n) is 9.22. The smallest absolute Gasteiger partial charge is 0.258 e. The number of nitrogens with zero attached hydrogens (tertiary/aromatic N) is 3. The first-order valence-electron chi connectivity index (χ1n) is 12.4. The van der Waals surface area contributed by atoms with Crippen LogP contribution in [0, 0.1) is 5.92 Å². The number of piperidine rings is 1. The Labute approximate surface area is 215 Å². The first kappa shape index (κ1) is 24.4. The minimum absolute atomic E-state index is 0.109. The Balaban J connectivity index is 1.17. The van der Waals surface area contributed by atoms with Gasteiger partial charge >= 0.3 is 0 Å². The van der Waals surface area contributed by atoms with Gasteiger partial charge in [0.25, 0.3) is 5.56 Å². The van der Waals surface area contributed by atoms with Crippen molar-refractivity contribution in [2.24, 2.45) is 5.92 Å². The second-order valence-corrected chi connectivity index (χ2v) is 9.63. The molecular formula is C28H30ClN5O2. The number of benzene rings is 2. The van der Waals surface area contributed by atoms with Crippen LogP contribution in [0.1, 0.15) is 29.9 Å². The van der Waals surface area contributed by atoms with Gasteiger partial charge in [-0.1, -0.05) is 54.1 Å². The van der Waals surface area contributed by atoms with E-state index in [2.05, 4.69) is 55.5 Å². The number of aromatic amines is 1. The number of halogens is 1. The van der Waals surface area contributed by atoms with Gasteiger partial charge in [-0.05, 0) is 62.2 Å². The molecule has 0 bridgehead atoms. The summed E-state index contributed by atoms with van der Waals surface area (Å²) in [5, 5.41) is 4.59. The van der Waals surface area contributed by atoms with Gasteiger partial charge in [0.1, 0.15) is 23.7 Å². The molecule has 0 atom stereocenters. The number of H-pyrrole nitrogens is 1. The van der Waals surface area contributed by atoms with Crippen molar-refractivity contribution in [1.29, 1.82) is 0 Å². The molecule has 1 fully saturated rings. The molecule has 0 amide bonds. The molecule has 2 N–H and O–H groups in total. The molecule has 0 spiro atoms. The minimum Gasteiger partial charge on any atom is -0.484 e. The van der Waals surface area contributed by atoms with Crippen molar-refractivity contribution < 1.29 is 4.74 Å². The van der Waals surface area contributed by atoms with Crippen molar-refractivity contribution in [2.75, 3.05) is 19.6 Å². The molecule has 2 aromatic carbocycles. The summed E-state index contributed by atoms with van der Waals surface area (Å²) in [6, 6.07) is 19.6. The van der Waals surface area contributed by atoms with Crippen LogP contribution in [0.25, 0.3) is 10.9 Å². The highest BCUT2D eigenvalue weighted by atomic mass is 35.5. The highest BCUT2D eigenvalue weighted by Gasteiger charge is 2.19. The third-order valence-corrected chi connectivity index (χ3v) is 6.94. The van der Waals surface area contributed by atoms with Crippen molar-refractivity contribution in [2.45, 2.75) is 32.5 Å². The van der Waals surface area contributed by atoms with Crippen molar-refractivity contribution in [1.82, 2.24) is 25.2 Å². The average molecular weight is 504 g/mol. The Bertz CT molecular complexity index is 1350. The van der Waals surface area contributed by atoms with Crippen LogP contribution in [0.15, 0.2) is 71.7 Å². The molecule has 0 aliphatic carbocycles. The van der Waals surface area contributed by atoms with Crippen molar-refractivity contribution in [3.05, 3.63) is 99.3 Å². The van der Waals surface area contributed by atoms with Gasteiger partial charge in [-0.25, -0.2) is 4.98 Å². The number of likely N-dealkylation sites (tertiary alicyclic amines) is 1. The van der Waals surface area contributed by atoms with Crippen LogP contribution < -0.4 is 15.6 Å². The van der Waals surface area contributed by atoms with Crippen LogP contribution in [-0.2, 0) is 19.7 Å². The predicted molar refractivity (Wildman–Crippen MR) is 142 cm³/mol. The van der Waals surface area contributed by atoms with Crippen LogP contribution in [0.4, 0.5) is 0 Å². The summed E-state index contributed by atoms with van der Waals surface area (Å²) in [6.45, 7) is 4.83. The van der Waals surface area contributed by atoms with Crippen molar-refractivity contribution in [3.63, 3.8) is 0 Å². The molecule has 186 valence electrons. The lowest BCUT2D eigenvalue weighted by molar-refractivity contribution is 0.175. The molecule has 7 nitrogen and oxygen atoms in total. The number of hydrogen-bond donors (Lipinski definition) is 2. The Hall–Kier alpha value is -3.26. The van der Waals surface area contributed by atoms with Gasteiger partial charge in [-0.3, -0.25) is 14.7 Å². The van der Waals surface area contributed by atoms with E-state index in [9.17, 15) is 4.79 Å². The van der Waals surface area contributed by atoms with Crippen LogP contribution >= 0.6 is 11.6 Å². The summed E-state index contributed by atoms with van der Waals surface area (Å²) in [6.07, 6.45) is 4.01. The monoisotopic (exact) mass is 503 g/mol. The summed E-state index contributed by atoms with van der Waals surface area (Å²) in [7, 11) is 0. The fourth-order valence-corrected chi connectivity index (χ4v) is 4.85. The average Bonchev–Trinajstić information content (AvgIpc) is 2.90. The Morgan fingerprint density at radius 1 is 1.06 bits per heavy atom. The van der Waals surface area contributed by atoms with Gasteiger partial charge in [0.2, 0.25) is 0 Å². The maximum Gasteiger partial charge on any atom is 0.258 e. The molecule has 0 radical (unpaired) electrons. The number of aromatic nitrogens is 3. The fraction of sp³-hybridized carbons (Fsp3) is 0.321. The van der Waals surface area contributed by atoms with E-state index >= 15 is 0 Å². The third-order valence-electron chi connectivity index (χ3n) is 6.63. The predicted octanol–water partition coefficient (Wildman–Crippen LogP) is 4.55. The summed E-state index contributed by atoms with van der Waals surface area (Å²) in [5.41, 5.74) is 2.53. The normalized spacial score (nSPS) is 14.8. The molecule has 0 unspecified atom stereocenters. The molecule has 4 aromatic rings. The topological polar surface area (TPSA) is 83.1 Å². The van der Waals surface area contributed by atoms with E-state index in [1.807, 2.05) is 12.1 Å². The van der Waals surface area contributed by atoms with E-state index in [1.54, 1.807) is 24.4 Å².